The predicted octanol–water partition coefficient (Wildman–Crippen LogP) is 4.05. The lowest BCUT2D eigenvalue weighted by atomic mass is 9.90. The Balaban J connectivity index is 1.22. The fourth-order valence-corrected chi connectivity index (χ4v) is 4.45. The monoisotopic (exact) mass is 425 g/mol. The molecule has 4 heterocycles. The lowest BCUT2D eigenvalue weighted by Gasteiger charge is -2.31. The van der Waals surface area contributed by atoms with Crippen LogP contribution in [0.15, 0.2) is 67.1 Å². The van der Waals surface area contributed by atoms with Gasteiger partial charge in [0.1, 0.15) is 5.78 Å². The molecule has 0 spiro atoms. The van der Waals surface area contributed by atoms with Gasteiger partial charge in [0.25, 0.3) is 0 Å². The zero-order chi connectivity index (χ0) is 21.9. The molecule has 1 fully saturated rings. The van der Waals surface area contributed by atoms with Crippen molar-refractivity contribution in [2.75, 3.05) is 13.1 Å². The number of rotatable bonds is 6. The number of pyridine rings is 2. The van der Waals surface area contributed by atoms with Crippen molar-refractivity contribution in [2.24, 2.45) is 13.0 Å². The molecule has 1 aliphatic heterocycles. The quantitative estimate of drug-likeness (QED) is 0.466. The molecule has 6 nitrogen and oxygen atoms in total. The van der Waals surface area contributed by atoms with Crippen LogP contribution < -0.4 is 0 Å². The van der Waals surface area contributed by atoms with Crippen LogP contribution in [0.3, 0.4) is 0 Å². The first kappa shape index (κ1) is 20.5. The molecule has 162 valence electrons. The van der Waals surface area contributed by atoms with Crippen molar-refractivity contribution >= 4 is 16.7 Å². The summed E-state index contributed by atoms with van der Waals surface area (Å²) in [6.45, 7) is 2.89. The highest BCUT2D eigenvalue weighted by Gasteiger charge is 2.25. The van der Waals surface area contributed by atoms with Crippen LogP contribution in [0.2, 0.25) is 0 Å². The minimum Gasteiger partial charge on any atom is -0.299 e. The number of fused-ring (bicyclic) bond motifs is 1. The summed E-state index contributed by atoms with van der Waals surface area (Å²) in [5.74, 6) is 0.411. The maximum Gasteiger partial charge on any atom is 0.142 e. The van der Waals surface area contributed by atoms with Crippen molar-refractivity contribution in [1.29, 1.82) is 0 Å². The molecule has 0 unspecified atom stereocenters. The Kier molecular flexibility index (Phi) is 5.77. The number of nitrogens with zero attached hydrogens (tertiary/aromatic N) is 5. The summed E-state index contributed by atoms with van der Waals surface area (Å²) in [5.41, 5.74) is 4.84. The Labute approximate surface area is 187 Å². The van der Waals surface area contributed by atoms with Gasteiger partial charge in [0.05, 0.1) is 17.4 Å². The molecule has 0 atom stereocenters. The lowest BCUT2D eigenvalue weighted by Crippen LogP contribution is -2.36. The van der Waals surface area contributed by atoms with Gasteiger partial charge in [-0.2, -0.15) is 5.10 Å². The number of carbonyl (C=O) groups excluding carboxylic acids is 1. The summed E-state index contributed by atoms with van der Waals surface area (Å²) in [6, 6.07) is 16.5. The Hall–Kier alpha value is -3.38. The van der Waals surface area contributed by atoms with E-state index >= 15 is 0 Å². The van der Waals surface area contributed by atoms with Gasteiger partial charge in [-0.25, -0.2) is 4.98 Å². The van der Waals surface area contributed by atoms with E-state index in [0.717, 1.165) is 60.3 Å². The number of aryl methyl sites for hydroxylation is 1. The normalized spacial score (nSPS) is 15.3. The van der Waals surface area contributed by atoms with Crippen LogP contribution in [0.1, 0.15) is 24.1 Å². The molecule has 1 saturated heterocycles. The van der Waals surface area contributed by atoms with Gasteiger partial charge < -0.3 is 0 Å². The van der Waals surface area contributed by atoms with Crippen molar-refractivity contribution in [3.63, 3.8) is 0 Å². The second-order valence-electron chi connectivity index (χ2n) is 8.65. The average molecular weight is 426 g/mol. The van der Waals surface area contributed by atoms with Gasteiger partial charge in [-0.05, 0) is 49.7 Å². The van der Waals surface area contributed by atoms with E-state index in [0.29, 0.717) is 12.2 Å². The fraction of sp³-hybridized carbons (Fsp3) is 0.308. The van der Waals surface area contributed by atoms with Crippen LogP contribution in [0.25, 0.3) is 22.2 Å². The van der Waals surface area contributed by atoms with Gasteiger partial charge in [-0.15, -0.1) is 0 Å². The maximum absolute atomic E-state index is 13.0. The molecule has 5 rings (SSSR count). The number of hydrogen-bond acceptors (Lipinski definition) is 5. The highest BCUT2D eigenvalue weighted by Crippen LogP contribution is 2.23. The van der Waals surface area contributed by atoms with Crippen molar-refractivity contribution in [1.82, 2.24) is 24.6 Å². The molecule has 0 bridgehead atoms. The van der Waals surface area contributed by atoms with E-state index in [2.05, 4.69) is 39.2 Å². The lowest BCUT2D eigenvalue weighted by molar-refractivity contribution is -0.123. The standard InChI is InChI=1S/C26H27N5O/c1-30-18-22(16-28-30)24-8-7-21-15-27-23(13-25(21)29-24)14-26(32)20-9-11-31(12-10-20)17-19-5-3-2-4-6-19/h2-8,13,15-16,18,20H,9-12,14,17H2,1H3. The van der Waals surface area contributed by atoms with Crippen LogP contribution in [-0.4, -0.2) is 43.5 Å². The average Bonchev–Trinajstić information content (AvgIpc) is 3.26. The zero-order valence-electron chi connectivity index (χ0n) is 18.3. The first-order chi connectivity index (χ1) is 15.6. The number of Topliss-reactive ketones (excluding diaryl/α,β-unsaturated/α-hetero) is 1. The molecular formula is C26H27N5O. The molecule has 3 aromatic heterocycles. The minimum absolute atomic E-state index is 0.120. The summed E-state index contributed by atoms with van der Waals surface area (Å²) in [7, 11) is 1.89. The molecule has 32 heavy (non-hydrogen) atoms. The first-order valence-corrected chi connectivity index (χ1v) is 11.2. The highest BCUT2D eigenvalue weighted by molar-refractivity contribution is 5.85. The van der Waals surface area contributed by atoms with Crippen LogP contribution in [0, 0.1) is 5.92 Å². The van der Waals surface area contributed by atoms with E-state index in [1.165, 1.54) is 5.56 Å². The smallest absolute Gasteiger partial charge is 0.142 e. The summed E-state index contributed by atoms with van der Waals surface area (Å²) in [6.07, 6.45) is 7.79. The SMILES string of the molecule is Cn1cc(-c2ccc3cnc(CC(=O)C4CCN(Cc5ccccc5)CC4)cc3n2)cn1. The summed E-state index contributed by atoms with van der Waals surface area (Å²) in [4.78, 5) is 24.7. The summed E-state index contributed by atoms with van der Waals surface area (Å²) in [5, 5.41) is 5.20. The zero-order valence-corrected chi connectivity index (χ0v) is 18.3. The van der Waals surface area contributed by atoms with Crippen molar-refractivity contribution in [2.45, 2.75) is 25.8 Å². The second-order valence-corrected chi connectivity index (χ2v) is 8.65. The van der Waals surface area contributed by atoms with E-state index in [1.54, 1.807) is 4.68 Å². The van der Waals surface area contributed by atoms with Gasteiger partial charge >= 0.3 is 0 Å². The number of likely N-dealkylation sites (tertiary alicyclic amines) is 1. The summed E-state index contributed by atoms with van der Waals surface area (Å²) >= 11 is 0. The van der Waals surface area contributed by atoms with Crippen molar-refractivity contribution in [3.05, 3.63) is 78.4 Å². The van der Waals surface area contributed by atoms with E-state index in [4.69, 9.17) is 4.98 Å². The molecule has 0 N–H and O–H groups in total. The Morgan fingerprint density at radius 3 is 2.62 bits per heavy atom. The van der Waals surface area contributed by atoms with Gasteiger partial charge in [-0.3, -0.25) is 19.4 Å². The molecule has 1 aromatic carbocycles. The number of benzene rings is 1. The van der Waals surface area contributed by atoms with Gasteiger partial charge in [0.2, 0.25) is 0 Å². The molecule has 6 heteroatoms. The third-order valence-electron chi connectivity index (χ3n) is 6.28. The third-order valence-corrected chi connectivity index (χ3v) is 6.28. The number of piperidine rings is 1. The topological polar surface area (TPSA) is 63.9 Å². The van der Waals surface area contributed by atoms with E-state index in [9.17, 15) is 4.79 Å². The van der Waals surface area contributed by atoms with Gasteiger partial charge in [0, 0.05) is 55.0 Å². The van der Waals surface area contributed by atoms with Crippen molar-refractivity contribution < 1.29 is 4.79 Å². The molecule has 0 saturated carbocycles. The molecule has 0 radical (unpaired) electrons. The first-order valence-electron chi connectivity index (χ1n) is 11.2. The maximum atomic E-state index is 13.0. The third kappa shape index (κ3) is 4.60. The van der Waals surface area contributed by atoms with E-state index in [1.807, 2.05) is 49.9 Å². The van der Waals surface area contributed by atoms with Crippen LogP contribution in [-0.2, 0) is 24.8 Å². The van der Waals surface area contributed by atoms with Gasteiger partial charge in [-0.1, -0.05) is 30.3 Å². The second kappa shape index (κ2) is 9.01. The van der Waals surface area contributed by atoms with E-state index < -0.39 is 0 Å². The number of ketones is 1. The largest absolute Gasteiger partial charge is 0.299 e. The van der Waals surface area contributed by atoms with Gasteiger partial charge in [0.15, 0.2) is 0 Å². The molecule has 4 aromatic rings. The molecule has 1 aliphatic rings. The number of aromatic nitrogens is 4. The minimum atomic E-state index is 0.120. The fourth-order valence-electron chi connectivity index (χ4n) is 4.45. The Morgan fingerprint density at radius 1 is 1.06 bits per heavy atom. The molecule has 0 aliphatic carbocycles. The molecule has 0 amide bonds. The number of hydrogen-bond donors (Lipinski definition) is 0. The van der Waals surface area contributed by atoms with Crippen LogP contribution in [0.4, 0.5) is 0 Å². The highest BCUT2D eigenvalue weighted by atomic mass is 16.1. The summed E-state index contributed by atoms with van der Waals surface area (Å²) < 4.78 is 1.77. The molecular weight excluding hydrogens is 398 g/mol. The van der Waals surface area contributed by atoms with Crippen molar-refractivity contribution in [3.8, 4) is 11.3 Å². The Morgan fingerprint density at radius 2 is 1.88 bits per heavy atom. The van der Waals surface area contributed by atoms with Crippen LogP contribution in [0.5, 0.6) is 0 Å². The number of carbonyl (C=O) groups is 1. The van der Waals surface area contributed by atoms with Crippen LogP contribution >= 0.6 is 0 Å². The van der Waals surface area contributed by atoms with E-state index in [-0.39, 0.29) is 5.92 Å². The predicted molar refractivity (Wildman–Crippen MR) is 125 cm³/mol. The Bertz CT molecular complexity index is 1230.